The molecular weight excluding hydrogens is 304 g/mol. The van der Waals surface area contributed by atoms with Crippen LogP contribution in [0.1, 0.15) is 52.5 Å². The van der Waals surface area contributed by atoms with E-state index in [1.165, 1.54) is 24.7 Å². The predicted octanol–water partition coefficient (Wildman–Crippen LogP) is 3.13. The van der Waals surface area contributed by atoms with Gasteiger partial charge in [0.2, 0.25) is 11.7 Å². The maximum absolute atomic E-state index is 5.48. The molecule has 2 heterocycles. The molecule has 0 unspecified atom stereocenters. The summed E-state index contributed by atoms with van der Waals surface area (Å²) in [4.78, 5) is 8.55. The van der Waals surface area contributed by atoms with E-state index < -0.39 is 0 Å². The SMILES string of the molecule is CC1=CCC[C@H](C)[C@H]1CN[C@H](c1nc(-c2ncn[nH]2)no1)C(C)C. The van der Waals surface area contributed by atoms with Crippen molar-refractivity contribution >= 4 is 0 Å². The van der Waals surface area contributed by atoms with E-state index in [9.17, 15) is 0 Å². The molecule has 0 radical (unpaired) electrons. The molecule has 0 saturated carbocycles. The minimum absolute atomic E-state index is 0.0242. The van der Waals surface area contributed by atoms with E-state index in [-0.39, 0.29) is 6.04 Å². The maximum Gasteiger partial charge on any atom is 0.244 e. The lowest BCUT2D eigenvalue weighted by atomic mass is 9.80. The number of allylic oxidation sites excluding steroid dienone is 1. The number of hydrogen-bond acceptors (Lipinski definition) is 6. The number of nitrogens with one attached hydrogen (secondary N) is 2. The van der Waals surface area contributed by atoms with Crippen LogP contribution in [0.15, 0.2) is 22.5 Å². The minimum Gasteiger partial charge on any atom is -0.337 e. The van der Waals surface area contributed by atoms with Crippen LogP contribution >= 0.6 is 0 Å². The lowest BCUT2D eigenvalue weighted by Gasteiger charge is -2.31. The molecule has 0 aromatic carbocycles. The van der Waals surface area contributed by atoms with Gasteiger partial charge in [-0.2, -0.15) is 10.1 Å². The molecule has 0 fully saturated rings. The second-order valence-electron chi connectivity index (χ2n) is 7.03. The molecule has 24 heavy (non-hydrogen) atoms. The average Bonchev–Trinajstić information content (AvgIpc) is 3.20. The number of nitrogens with zero attached hydrogens (tertiary/aromatic N) is 4. The van der Waals surface area contributed by atoms with E-state index in [1.54, 1.807) is 0 Å². The van der Waals surface area contributed by atoms with Gasteiger partial charge in [0.15, 0.2) is 5.82 Å². The normalized spacial score (nSPS) is 22.6. The van der Waals surface area contributed by atoms with Crippen molar-refractivity contribution in [3.63, 3.8) is 0 Å². The van der Waals surface area contributed by atoms with Crippen LogP contribution in [-0.4, -0.2) is 31.9 Å². The molecule has 0 saturated heterocycles. The molecule has 0 bridgehead atoms. The second kappa shape index (κ2) is 7.25. The van der Waals surface area contributed by atoms with Crippen molar-refractivity contribution in [1.29, 1.82) is 0 Å². The fraction of sp³-hybridized carbons (Fsp3) is 0.647. The number of rotatable bonds is 6. The number of hydrogen-bond donors (Lipinski definition) is 2. The number of aromatic amines is 1. The van der Waals surface area contributed by atoms with Crippen molar-refractivity contribution in [3.05, 3.63) is 23.9 Å². The zero-order chi connectivity index (χ0) is 17.1. The molecule has 0 spiro atoms. The number of H-pyrrole nitrogens is 1. The van der Waals surface area contributed by atoms with Gasteiger partial charge in [-0.25, -0.2) is 4.98 Å². The van der Waals surface area contributed by atoms with Crippen molar-refractivity contribution in [2.24, 2.45) is 17.8 Å². The first-order valence-electron chi connectivity index (χ1n) is 8.65. The Balaban J connectivity index is 1.71. The fourth-order valence-corrected chi connectivity index (χ4v) is 3.37. The van der Waals surface area contributed by atoms with Gasteiger partial charge in [0, 0.05) is 6.54 Å². The van der Waals surface area contributed by atoms with Crippen molar-refractivity contribution in [3.8, 4) is 11.6 Å². The summed E-state index contributed by atoms with van der Waals surface area (Å²) in [5, 5.41) is 14.2. The van der Waals surface area contributed by atoms with E-state index in [1.807, 2.05) is 0 Å². The van der Waals surface area contributed by atoms with Gasteiger partial charge in [0.25, 0.3) is 0 Å². The Morgan fingerprint density at radius 3 is 2.92 bits per heavy atom. The highest BCUT2D eigenvalue weighted by Crippen LogP contribution is 2.31. The summed E-state index contributed by atoms with van der Waals surface area (Å²) in [5.74, 6) is 3.17. The highest BCUT2D eigenvalue weighted by Gasteiger charge is 2.27. The first-order valence-corrected chi connectivity index (χ1v) is 8.65. The van der Waals surface area contributed by atoms with Crippen molar-refractivity contribution in [1.82, 2.24) is 30.6 Å². The standard InChI is InChI=1S/C17H26N6O/c1-10(2)14(18-8-13-11(3)6-5-7-12(13)4)17-21-16(23-24-17)15-19-9-20-22-15/h6,9-10,12-14,18H,5,7-8H2,1-4H3,(H,19,20,22)/t12-,13-,14-/m0/s1. The zero-order valence-corrected chi connectivity index (χ0v) is 14.8. The van der Waals surface area contributed by atoms with Crippen LogP contribution in [0.3, 0.4) is 0 Å². The van der Waals surface area contributed by atoms with E-state index in [2.05, 4.69) is 64.4 Å². The minimum atomic E-state index is 0.0242. The lowest BCUT2D eigenvalue weighted by molar-refractivity contribution is 0.263. The van der Waals surface area contributed by atoms with Gasteiger partial charge in [-0.1, -0.05) is 37.6 Å². The summed E-state index contributed by atoms with van der Waals surface area (Å²) < 4.78 is 5.48. The van der Waals surface area contributed by atoms with Crippen LogP contribution in [0.25, 0.3) is 11.6 Å². The third kappa shape index (κ3) is 3.56. The van der Waals surface area contributed by atoms with E-state index in [0.717, 1.165) is 6.54 Å². The monoisotopic (exact) mass is 330 g/mol. The Hall–Kier alpha value is -2.02. The van der Waals surface area contributed by atoms with Gasteiger partial charge in [-0.15, -0.1) is 0 Å². The Morgan fingerprint density at radius 2 is 2.25 bits per heavy atom. The highest BCUT2D eigenvalue weighted by atomic mass is 16.5. The molecule has 7 heteroatoms. The highest BCUT2D eigenvalue weighted by molar-refractivity contribution is 5.39. The molecule has 1 aliphatic carbocycles. The largest absolute Gasteiger partial charge is 0.337 e. The summed E-state index contributed by atoms with van der Waals surface area (Å²) in [7, 11) is 0. The molecule has 3 atom stereocenters. The summed E-state index contributed by atoms with van der Waals surface area (Å²) in [6.07, 6.45) is 6.25. The molecule has 2 aromatic heterocycles. The van der Waals surface area contributed by atoms with E-state index in [0.29, 0.717) is 35.3 Å². The van der Waals surface area contributed by atoms with Gasteiger partial charge in [-0.05, 0) is 37.5 Å². The zero-order valence-electron chi connectivity index (χ0n) is 14.8. The topological polar surface area (TPSA) is 92.5 Å². The third-order valence-corrected chi connectivity index (χ3v) is 4.92. The molecule has 3 rings (SSSR count). The van der Waals surface area contributed by atoms with Gasteiger partial charge >= 0.3 is 0 Å². The first kappa shape index (κ1) is 16.8. The van der Waals surface area contributed by atoms with Crippen LogP contribution in [-0.2, 0) is 0 Å². The molecule has 2 N–H and O–H groups in total. The summed E-state index contributed by atoms with van der Waals surface area (Å²) in [6.45, 7) is 9.81. The Labute approximate surface area is 142 Å². The number of aromatic nitrogens is 5. The van der Waals surface area contributed by atoms with Crippen LogP contribution in [0.2, 0.25) is 0 Å². The summed E-state index contributed by atoms with van der Waals surface area (Å²) in [6, 6.07) is 0.0242. The first-order chi connectivity index (χ1) is 11.6. The van der Waals surface area contributed by atoms with Crippen LogP contribution in [0.5, 0.6) is 0 Å². The van der Waals surface area contributed by atoms with Crippen LogP contribution in [0, 0.1) is 17.8 Å². The molecule has 0 aliphatic heterocycles. The molecule has 1 aliphatic rings. The van der Waals surface area contributed by atoms with Crippen molar-refractivity contribution < 1.29 is 4.52 Å². The molecule has 130 valence electrons. The average molecular weight is 330 g/mol. The van der Waals surface area contributed by atoms with E-state index >= 15 is 0 Å². The fourth-order valence-electron chi connectivity index (χ4n) is 3.37. The summed E-state index contributed by atoms with van der Waals surface area (Å²) >= 11 is 0. The maximum atomic E-state index is 5.48. The van der Waals surface area contributed by atoms with Crippen LogP contribution in [0.4, 0.5) is 0 Å². The molecule has 2 aromatic rings. The van der Waals surface area contributed by atoms with Gasteiger partial charge in [0.05, 0.1) is 6.04 Å². The lowest BCUT2D eigenvalue weighted by Crippen LogP contribution is -2.34. The van der Waals surface area contributed by atoms with E-state index in [4.69, 9.17) is 4.52 Å². The third-order valence-electron chi connectivity index (χ3n) is 4.92. The Bertz CT molecular complexity index is 675. The quantitative estimate of drug-likeness (QED) is 0.791. The Morgan fingerprint density at radius 1 is 1.42 bits per heavy atom. The van der Waals surface area contributed by atoms with Crippen molar-refractivity contribution in [2.45, 2.75) is 46.6 Å². The predicted molar refractivity (Wildman–Crippen MR) is 90.9 cm³/mol. The Kier molecular flexibility index (Phi) is 5.08. The summed E-state index contributed by atoms with van der Waals surface area (Å²) in [5.41, 5.74) is 1.48. The molecule has 0 amide bonds. The molecular formula is C17H26N6O. The molecule has 7 nitrogen and oxygen atoms in total. The smallest absolute Gasteiger partial charge is 0.244 e. The van der Waals surface area contributed by atoms with Crippen LogP contribution < -0.4 is 5.32 Å². The van der Waals surface area contributed by atoms with Gasteiger partial charge in [0.1, 0.15) is 6.33 Å². The van der Waals surface area contributed by atoms with Crippen molar-refractivity contribution in [2.75, 3.05) is 6.54 Å². The van der Waals surface area contributed by atoms with Gasteiger partial charge < -0.3 is 9.84 Å². The van der Waals surface area contributed by atoms with Gasteiger partial charge in [-0.3, -0.25) is 5.10 Å². The second-order valence-corrected chi connectivity index (χ2v) is 7.03.